The molecule has 4 aromatic rings. The van der Waals surface area contributed by atoms with Crippen LogP contribution in [0.15, 0.2) is 79.0 Å². The molecule has 0 saturated carbocycles. The average Bonchev–Trinajstić information content (AvgIpc) is 3.81. The lowest BCUT2D eigenvalue weighted by Gasteiger charge is -2.29. The number of carbonyl (C=O) groups is 9. The van der Waals surface area contributed by atoms with Gasteiger partial charge in [-0.05, 0) is 96.0 Å². The first-order valence-corrected chi connectivity index (χ1v) is 27.3. The molecule has 1 heterocycles. The van der Waals surface area contributed by atoms with Crippen LogP contribution in [0, 0.1) is 17.8 Å². The predicted octanol–water partition coefficient (Wildman–Crippen LogP) is 1.66. The molecule has 1 aromatic heterocycles. The topological polar surface area (TPSA) is 352 Å². The molecule has 424 valence electrons. The number of para-hydroxylation sites is 1. The molecule has 0 spiro atoms. The third-order valence-corrected chi connectivity index (χ3v) is 13.2. The Morgan fingerprint density at radius 2 is 0.987 bits per heavy atom. The molecule has 3 aromatic carbocycles. The molecule has 0 aliphatic heterocycles. The summed E-state index contributed by atoms with van der Waals surface area (Å²) in [6, 6.07) is 10.4. The first-order chi connectivity index (χ1) is 37.0. The van der Waals surface area contributed by atoms with Crippen LogP contribution in [0.5, 0.6) is 11.5 Å². The lowest BCUT2D eigenvalue weighted by atomic mass is 9.98. The van der Waals surface area contributed by atoms with Crippen molar-refractivity contribution in [3.05, 3.63) is 95.7 Å². The van der Waals surface area contributed by atoms with Gasteiger partial charge in [0.15, 0.2) is 0 Å². The van der Waals surface area contributed by atoms with E-state index in [1.807, 2.05) is 58.2 Å². The van der Waals surface area contributed by atoms with E-state index in [4.69, 9.17) is 10.8 Å². The second kappa shape index (κ2) is 30.9. The summed E-state index contributed by atoms with van der Waals surface area (Å²) in [7, 11) is 0. The third kappa shape index (κ3) is 20.4. The zero-order chi connectivity index (χ0) is 57.6. The number of aromatic nitrogens is 1. The van der Waals surface area contributed by atoms with Crippen molar-refractivity contribution in [3.8, 4) is 11.5 Å². The number of phenolic OH excluding ortho intramolecular Hbond substituents is 2. The Labute approximate surface area is 458 Å². The standard InChI is InChI=1S/C55H76N10O12S/c1-30(2)22-41(62-53(75)44(25-34-14-18-37(67)19-15-34)63-52(74)43(59-46(68)27-56)24-33-12-16-36(66)17-13-33)50(72)61-42(23-31(3)4)51(73)64-45(26-35-28-57-39-11-9-8-10-38(35)39)54(76)60-40(20-21-78-7)49(71)65-48(32(5)6)55(77)58-29-47(69)70/h8-19,28,30-32,40-45,48,57,66-67H,20-27,29,56H2,1-7H3,(H,58,77)(H,59,68)(H,60,76)(H,61,72)(H,62,75)(H,63,74)(H,64,73)(H,65,71)(H,69,70)/t40-,41-,42-,43-,44-,45-,48-/m0/s1. The van der Waals surface area contributed by atoms with E-state index in [2.05, 4.69) is 47.5 Å². The molecule has 4 rings (SSSR count). The van der Waals surface area contributed by atoms with Crippen molar-refractivity contribution in [1.82, 2.24) is 47.5 Å². The van der Waals surface area contributed by atoms with Crippen molar-refractivity contribution in [2.75, 3.05) is 25.1 Å². The molecule has 14 N–H and O–H groups in total. The van der Waals surface area contributed by atoms with Crippen LogP contribution in [0.2, 0.25) is 0 Å². The van der Waals surface area contributed by atoms with Gasteiger partial charge in [-0.1, -0.05) is 84.0 Å². The second-order valence-corrected chi connectivity index (χ2v) is 21.3. The highest BCUT2D eigenvalue weighted by Gasteiger charge is 2.36. The molecule has 8 amide bonds. The van der Waals surface area contributed by atoms with Crippen molar-refractivity contribution in [1.29, 1.82) is 0 Å². The summed E-state index contributed by atoms with van der Waals surface area (Å²) in [6.07, 6.45) is 3.55. The van der Waals surface area contributed by atoms with Crippen LogP contribution in [0.25, 0.3) is 10.9 Å². The number of carboxylic acids is 1. The molecular formula is C55H76N10O12S. The maximum Gasteiger partial charge on any atom is 0.322 e. The molecule has 22 nitrogen and oxygen atoms in total. The predicted molar refractivity (Wildman–Crippen MR) is 296 cm³/mol. The number of hydrogen-bond donors (Lipinski definition) is 13. The summed E-state index contributed by atoms with van der Waals surface area (Å²) in [6.45, 7) is 9.55. The van der Waals surface area contributed by atoms with Crippen molar-refractivity contribution in [2.24, 2.45) is 23.5 Å². The van der Waals surface area contributed by atoms with Crippen LogP contribution in [-0.4, -0.2) is 141 Å². The number of nitrogens with two attached hydrogens (primary N) is 1. The number of aromatic amines is 1. The number of aliphatic carboxylic acids is 1. The lowest BCUT2D eigenvalue weighted by Crippen LogP contribution is -2.61. The fourth-order valence-electron chi connectivity index (χ4n) is 8.47. The number of H-pyrrole nitrogens is 1. The van der Waals surface area contributed by atoms with E-state index in [1.54, 1.807) is 44.3 Å². The average molecular weight is 1100 g/mol. The number of rotatable bonds is 31. The molecule has 0 aliphatic rings. The fourth-order valence-corrected chi connectivity index (χ4v) is 8.94. The van der Waals surface area contributed by atoms with Crippen molar-refractivity contribution in [2.45, 2.75) is 122 Å². The van der Waals surface area contributed by atoms with Crippen molar-refractivity contribution >= 4 is 75.9 Å². The van der Waals surface area contributed by atoms with E-state index in [1.165, 1.54) is 36.0 Å². The van der Waals surface area contributed by atoms with Crippen LogP contribution in [-0.2, 0) is 62.4 Å². The van der Waals surface area contributed by atoms with Crippen LogP contribution in [0.1, 0.15) is 77.5 Å². The van der Waals surface area contributed by atoms with Gasteiger partial charge in [-0.3, -0.25) is 43.2 Å². The highest BCUT2D eigenvalue weighted by atomic mass is 32.2. The Balaban J connectivity index is 1.65. The number of aromatic hydroxyl groups is 2. The van der Waals surface area contributed by atoms with Gasteiger partial charge in [-0.15, -0.1) is 0 Å². The van der Waals surface area contributed by atoms with E-state index in [0.717, 1.165) is 10.9 Å². The zero-order valence-corrected chi connectivity index (χ0v) is 46.0. The molecule has 0 bridgehead atoms. The van der Waals surface area contributed by atoms with Crippen LogP contribution in [0.3, 0.4) is 0 Å². The van der Waals surface area contributed by atoms with E-state index in [-0.39, 0.29) is 61.9 Å². The van der Waals surface area contributed by atoms with Crippen LogP contribution >= 0.6 is 11.8 Å². The van der Waals surface area contributed by atoms with Gasteiger partial charge in [0.2, 0.25) is 47.3 Å². The third-order valence-electron chi connectivity index (χ3n) is 12.5. The van der Waals surface area contributed by atoms with Crippen LogP contribution < -0.4 is 48.3 Å². The first-order valence-electron chi connectivity index (χ1n) is 25.9. The normalized spacial score (nSPS) is 14.0. The Bertz CT molecular complexity index is 2680. The SMILES string of the molecule is CSCC[C@H](NC(=O)[C@H](Cc1c[nH]c2ccccc12)NC(=O)[C@H](CC(C)C)NC(=O)[C@H](CC(C)C)NC(=O)[C@H](Cc1ccc(O)cc1)NC(=O)[C@H](Cc1ccc(O)cc1)NC(=O)CN)C(=O)N[C@H](C(=O)NCC(=O)O)C(C)C. The molecule has 0 fully saturated rings. The minimum atomic E-state index is -1.35. The number of thioether (sulfide) groups is 1. The molecule has 0 aliphatic carbocycles. The Kier molecular flexibility index (Phi) is 24.9. The Hall–Kier alpha value is -7.66. The molecular weight excluding hydrogens is 1020 g/mol. The van der Waals surface area contributed by atoms with Crippen molar-refractivity contribution < 1.29 is 58.5 Å². The number of fused-ring (bicyclic) bond motifs is 1. The van der Waals surface area contributed by atoms with Gasteiger partial charge < -0.3 is 68.6 Å². The number of carboxylic acid groups (broad SMARTS) is 1. The minimum absolute atomic E-state index is 0.0148. The highest BCUT2D eigenvalue weighted by molar-refractivity contribution is 7.98. The van der Waals surface area contributed by atoms with E-state index >= 15 is 0 Å². The molecule has 0 unspecified atom stereocenters. The number of phenols is 2. The summed E-state index contributed by atoms with van der Waals surface area (Å²) in [5.74, 6) is -7.65. The number of hydrogen-bond acceptors (Lipinski definition) is 13. The number of carbonyl (C=O) groups excluding carboxylic acids is 8. The van der Waals surface area contributed by atoms with Gasteiger partial charge >= 0.3 is 5.97 Å². The maximum atomic E-state index is 14.7. The van der Waals surface area contributed by atoms with E-state index in [9.17, 15) is 53.4 Å². The monoisotopic (exact) mass is 1100 g/mol. The van der Waals surface area contributed by atoms with Gasteiger partial charge in [-0.2, -0.15) is 11.8 Å². The quantitative estimate of drug-likeness (QED) is 0.0341. The summed E-state index contributed by atoms with van der Waals surface area (Å²) in [5.41, 5.74) is 8.09. The van der Waals surface area contributed by atoms with Crippen molar-refractivity contribution in [3.63, 3.8) is 0 Å². The smallest absolute Gasteiger partial charge is 0.322 e. The largest absolute Gasteiger partial charge is 0.508 e. The van der Waals surface area contributed by atoms with Crippen LogP contribution in [0.4, 0.5) is 0 Å². The van der Waals surface area contributed by atoms with Gasteiger partial charge in [0, 0.05) is 36.4 Å². The molecule has 7 atom stereocenters. The van der Waals surface area contributed by atoms with E-state index in [0.29, 0.717) is 22.4 Å². The first kappa shape index (κ1) is 62.9. The van der Waals surface area contributed by atoms with Gasteiger partial charge in [-0.25, -0.2) is 0 Å². The molecule has 0 radical (unpaired) electrons. The zero-order valence-electron chi connectivity index (χ0n) is 45.1. The summed E-state index contributed by atoms with van der Waals surface area (Å²) < 4.78 is 0. The van der Waals surface area contributed by atoms with Gasteiger partial charge in [0.25, 0.3) is 0 Å². The summed E-state index contributed by atoms with van der Waals surface area (Å²) in [5, 5.41) is 51.2. The fraction of sp³-hybridized carbons (Fsp3) is 0.473. The maximum absolute atomic E-state index is 14.7. The summed E-state index contributed by atoms with van der Waals surface area (Å²) >= 11 is 1.41. The lowest BCUT2D eigenvalue weighted by molar-refractivity contribution is -0.139. The second-order valence-electron chi connectivity index (χ2n) is 20.3. The van der Waals surface area contributed by atoms with Gasteiger partial charge in [0.1, 0.15) is 60.3 Å². The number of amides is 8. The Morgan fingerprint density at radius 1 is 0.551 bits per heavy atom. The molecule has 0 saturated heterocycles. The molecule has 78 heavy (non-hydrogen) atoms. The molecule has 23 heteroatoms. The van der Waals surface area contributed by atoms with Gasteiger partial charge in [0.05, 0.1) is 6.54 Å². The summed E-state index contributed by atoms with van der Waals surface area (Å²) in [4.78, 5) is 126. The number of benzene rings is 3. The van der Waals surface area contributed by atoms with E-state index < -0.39 is 115 Å². The minimum Gasteiger partial charge on any atom is -0.508 e. The number of nitrogens with one attached hydrogen (secondary N) is 9. The highest BCUT2D eigenvalue weighted by Crippen LogP contribution is 2.21. The Morgan fingerprint density at radius 3 is 1.45 bits per heavy atom.